The summed E-state index contributed by atoms with van der Waals surface area (Å²) >= 11 is 3.24. The van der Waals surface area contributed by atoms with Crippen LogP contribution in [0.3, 0.4) is 0 Å². The molecule has 0 saturated carbocycles. The number of hydrogen-bond acceptors (Lipinski definition) is 5. The smallest absolute Gasteiger partial charge is 0.270 e. The predicted molar refractivity (Wildman–Crippen MR) is 87.1 cm³/mol. The lowest BCUT2D eigenvalue weighted by molar-refractivity contribution is -0.384. The number of carbonyl (C=O) groups excluding carboxylic acids is 1. The third-order valence-corrected chi connectivity index (χ3v) is 4.20. The van der Waals surface area contributed by atoms with Crippen LogP contribution in [0, 0.1) is 16.0 Å². The summed E-state index contributed by atoms with van der Waals surface area (Å²) in [6, 6.07) is 4.32. The van der Waals surface area contributed by atoms with Crippen molar-refractivity contribution in [1.29, 1.82) is 0 Å². The van der Waals surface area contributed by atoms with Crippen molar-refractivity contribution in [2.24, 2.45) is 5.92 Å². The van der Waals surface area contributed by atoms with Gasteiger partial charge in [-0.15, -0.1) is 12.4 Å². The molecule has 2 atom stereocenters. The first-order valence-corrected chi connectivity index (χ1v) is 7.35. The molecule has 2 rings (SSSR count). The van der Waals surface area contributed by atoms with E-state index in [-0.39, 0.29) is 36.3 Å². The third kappa shape index (κ3) is 4.91. The van der Waals surface area contributed by atoms with Crippen molar-refractivity contribution >= 4 is 39.9 Å². The second kappa shape index (κ2) is 8.42. The lowest BCUT2D eigenvalue weighted by Gasteiger charge is -2.14. The fraction of sp³-hybridized carbons (Fsp3) is 0.462. The number of amides is 1. The van der Waals surface area contributed by atoms with Crippen LogP contribution in [0.5, 0.6) is 0 Å². The minimum Gasteiger partial charge on any atom is -0.391 e. The molecule has 0 radical (unpaired) electrons. The number of hydrogen-bond donors (Lipinski definition) is 3. The number of nitrogens with one attached hydrogen (secondary N) is 2. The van der Waals surface area contributed by atoms with Gasteiger partial charge in [0.15, 0.2) is 0 Å². The van der Waals surface area contributed by atoms with Crippen LogP contribution in [-0.2, 0) is 11.2 Å². The number of carbonyl (C=O) groups is 1. The Labute approximate surface area is 142 Å². The summed E-state index contributed by atoms with van der Waals surface area (Å²) in [6.07, 6.45) is -0.300. The predicted octanol–water partition coefficient (Wildman–Crippen LogP) is 1.02. The SMILES string of the molecule is Cl.O=C(Cc1ccc([N+](=O)[O-])cc1Br)NCC1CNCC1O. The Morgan fingerprint density at radius 1 is 1.50 bits per heavy atom. The van der Waals surface area contributed by atoms with Crippen LogP contribution in [0.15, 0.2) is 22.7 Å². The highest BCUT2D eigenvalue weighted by atomic mass is 79.9. The van der Waals surface area contributed by atoms with Gasteiger partial charge in [0.25, 0.3) is 5.69 Å². The number of aliphatic hydroxyl groups excluding tert-OH is 1. The van der Waals surface area contributed by atoms with E-state index < -0.39 is 11.0 Å². The fourth-order valence-corrected chi connectivity index (χ4v) is 2.71. The summed E-state index contributed by atoms with van der Waals surface area (Å²) in [4.78, 5) is 22.0. The number of β-amino-alcohol motifs (C(OH)–C–C–N with tert-alkyl or cyclic N) is 1. The fourth-order valence-electron chi connectivity index (χ4n) is 2.20. The van der Waals surface area contributed by atoms with Crippen molar-refractivity contribution in [1.82, 2.24) is 10.6 Å². The van der Waals surface area contributed by atoms with Crippen molar-refractivity contribution in [3.63, 3.8) is 0 Å². The largest absolute Gasteiger partial charge is 0.391 e. The van der Waals surface area contributed by atoms with E-state index in [9.17, 15) is 20.0 Å². The molecule has 1 aliphatic heterocycles. The zero-order valence-corrected chi connectivity index (χ0v) is 14.0. The minimum absolute atomic E-state index is 0. The van der Waals surface area contributed by atoms with Crippen molar-refractivity contribution in [2.75, 3.05) is 19.6 Å². The number of nitrogens with zero attached hydrogens (tertiary/aromatic N) is 1. The highest BCUT2D eigenvalue weighted by Crippen LogP contribution is 2.23. The normalized spacial score (nSPS) is 20.3. The number of halogens is 2. The Hall–Kier alpha value is -1.22. The van der Waals surface area contributed by atoms with Crippen molar-refractivity contribution < 1.29 is 14.8 Å². The van der Waals surface area contributed by atoms with Crippen LogP contribution in [0.4, 0.5) is 5.69 Å². The van der Waals surface area contributed by atoms with Crippen LogP contribution in [-0.4, -0.2) is 41.7 Å². The van der Waals surface area contributed by atoms with Gasteiger partial charge >= 0.3 is 0 Å². The van der Waals surface area contributed by atoms with E-state index >= 15 is 0 Å². The summed E-state index contributed by atoms with van der Waals surface area (Å²) in [5.74, 6) is -0.155. The Bertz CT molecular complexity index is 558. The molecule has 1 amide bonds. The highest BCUT2D eigenvalue weighted by molar-refractivity contribution is 9.10. The minimum atomic E-state index is -0.483. The molecule has 0 bridgehead atoms. The number of aliphatic hydroxyl groups is 1. The summed E-state index contributed by atoms with van der Waals surface area (Å²) < 4.78 is 0.536. The maximum atomic E-state index is 11.9. The van der Waals surface area contributed by atoms with Crippen LogP contribution < -0.4 is 10.6 Å². The number of non-ortho nitro benzene ring substituents is 1. The Balaban J connectivity index is 0.00000242. The van der Waals surface area contributed by atoms with Crippen LogP contribution in [0.1, 0.15) is 5.56 Å². The van der Waals surface area contributed by atoms with E-state index in [1.165, 1.54) is 12.1 Å². The topological polar surface area (TPSA) is 104 Å². The Morgan fingerprint density at radius 2 is 2.23 bits per heavy atom. The molecule has 9 heteroatoms. The third-order valence-electron chi connectivity index (χ3n) is 3.46. The van der Waals surface area contributed by atoms with Crippen molar-refractivity contribution in [2.45, 2.75) is 12.5 Å². The molecule has 0 aliphatic carbocycles. The lowest BCUT2D eigenvalue weighted by atomic mass is 10.1. The average molecular weight is 395 g/mol. The van der Waals surface area contributed by atoms with Gasteiger partial charge in [0.2, 0.25) is 5.91 Å². The van der Waals surface area contributed by atoms with E-state index in [1.54, 1.807) is 6.07 Å². The van der Waals surface area contributed by atoms with Gasteiger partial charge in [0, 0.05) is 42.2 Å². The molecule has 1 aromatic carbocycles. The second-order valence-corrected chi connectivity index (χ2v) is 5.85. The molecular formula is C13H17BrClN3O4. The number of nitro benzene ring substituents is 1. The number of rotatable bonds is 5. The molecule has 1 aromatic rings. The average Bonchev–Trinajstić information content (AvgIpc) is 2.84. The molecule has 0 aromatic heterocycles. The number of benzene rings is 1. The quantitative estimate of drug-likeness (QED) is 0.511. The van der Waals surface area contributed by atoms with Gasteiger partial charge in [-0.25, -0.2) is 0 Å². The first kappa shape index (κ1) is 18.8. The summed E-state index contributed by atoms with van der Waals surface area (Å²) in [5.41, 5.74) is 0.661. The highest BCUT2D eigenvalue weighted by Gasteiger charge is 2.25. The first-order chi connectivity index (χ1) is 9.97. The van der Waals surface area contributed by atoms with E-state index in [4.69, 9.17) is 0 Å². The maximum Gasteiger partial charge on any atom is 0.270 e. The van der Waals surface area contributed by atoms with Crippen LogP contribution >= 0.6 is 28.3 Å². The summed E-state index contributed by atoms with van der Waals surface area (Å²) in [5, 5.41) is 26.1. The van der Waals surface area contributed by atoms with Gasteiger partial charge in [-0.3, -0.25) is 14.9 Å². The van der Waals surface area contributed by atoms with E-state index in [0.29, 0.717) is 29.7 Å². The molecule has 0 spiro atoms. The molecule has 122 valence electrons. The molecule has 1 fully saturated rings. The van der Waals surface area contributed by atoms with Gasteiger partial charge in [-0.1, -0.05) is 22.0 Å². The van der Waals surface area contributed by atoms with Gasteiger partial charge in [0.1, 0.15) is 0 Å². The monoisotopic (exact) mass is 393 g/mol. The molecule has 3 N–H and O–H groups in total. The molecule has 1 aliphatic rings. The van der Waals surface area contributed by atoms with E-state index in [0.717, 1.165) is 0 Å². The van der Waals surface area contributed by atoms with Crippen LogP contribution in [0.25, 0.3) is 0 Å². The van der Waals surface area contributed by atoms with Gasteiger partial charge in [0.05, 0.1) is 17.4 Å². The van der Waals surface area contributed by atoms with Crippen molar-refractivity contribution in [3.05, 3.63) is 38.3 Å². The van der Waals surface area contributed by atoms with E-state index in [2.05, 4.69) is 26.6 Å². The second-order valence-electron chi connectivity index (χ2n) is 5.00. The Kier molecular flexibility index (Phi) is 7.21. The molecule has 22 heavy (non-hydrogen) atoms. The Morgan fingerprint density at radius 3 is 2.77 bits per heavy atom. The van der Waals surface area contributed by atoms with Crippen LogP contribution in [0.2, 0.25) is 0 Å². The summed E-state index contributed by atoms with van der Waals surface area (Å²) in [6.45, 7) is 1.65. The molecular weight excluding hydrogens is 378 g/mol. The molecule has 7 nitrogen and oxygen atoms in total. The van der Waals surface area contributed by atoms with Crippen molar-refractivity contribution in [3.8, 4) is 0 Å². The first-order valence-electron chi connectivity index (χ1n) is 6.55. The zero-order valence-electron chi connectivity index (χ0n) is 11.6. The molecule has 1 heterocycles. The number of nitro groups is 1. The molecule has 1 saturated heterocycles. The van der Waals surface area contributed by atoms with Gasteiger partial charge in [-0.05, 0) is 5.56 Å². The van der Waals surface area contributed by atoms with Gasteiger partial charge < -0.3 is 15.7 Å². The standard InChI is InChI=1S/C13H16BrN3O4.ClH/c14-11-4-10(17(20)21)2-1-8(11)3-13(19)16-6-9-5-15-7-12(9)18;/h1-2,4,9,12,15,18H,3,5-7H2,(H,16,19);1H. The zero-order chi connectivity index (χ0) is 15.4. The van der Waals surface area contributed by atoms with Gasteiger partial charge in [-0.2, -0.15) is 0 Å². The summed E-state index contributed by atoms with van der Waals surface area (Å²) in [7, 11) is 0. The van der Waals surface area contributed by atoms with E-state index in [1.807, 2.05) is 0 Å². The maximum absolute atomic E-state index is 11.9. The molecule has 2 unspecified atom stereocenters. The lowest BCUT2D eigenvalue weighted by Crippen LogP contribution is -2.35.